The first-order valence-corrected chi connectivity index (χ1v) is 15.9. The number of carboxylic acids is 3. The highest BCUT2D eigenvalue weighted by Gasteiger charge is 2.26. The smallest absolute Gasteiger partial charge is 0.303 e. The van der Waals surface area contributed by atoms with Crippen molar-refractivity contribution >= 4 is 17.9 Å². The van der Waals surface area contributed by atoms with E-state index in [0.717, 1.165) is 56.3 Å². The first-order chi connectivity index (χ1) is 18.8. The molecule has 0 spiro atoms. The Morgan fingerprint density at radius 1 is 0.462 bits per heavy atom. The van der Waals surface area contributed by atoms with E-state index in [1.807, 2.05) is 0 Å². The molecule has 0 unspecified atom stereocenters. The number of hydrogen-bond donors (Lipinski definition) is 3. The van der Waals surface area contributed by atoms with Crippen molar-refractivity contribution in [3.05, 3.63) is 12.2 Å². The van der Waals surface area contributed by atoms with Crippen molar-refractivity contribution < 1.29 is 34.2 Å². The van der Waals surface area contributed by atoms with E-state index in [-0.39, 0.29) is 19.3 Å². The zero-order valence-electron chi connectivity index (χ0n) is 25.1. The summed E-state index contributed by atoms with van der Waals surface area (Å²) in [5, 5.41) is 27.1. The molecule has 0 fully saturated rings. The molecule has 0 aromatic carbocycles. The number of hydrogen-bond acceptors (Lipinski definition) is 3. The second kappa shape index (κ2) is 26.3. The van der Waals surface area contributed by atoms with Gasteiger partial charge in [-0.2, -0.15) is 0 Å². The van der Waals surface area contributed by atoms with Gasteiger partial charge in [0.15, 0.2) is 0 Å². The van der Waals surface area contributed by atoms with Gasteiger partial charge in [-0.25, -0.2) is 0 Å². The number of rotatable bonds is 30. The first-order valence-electron chi connectivity index (χ1n) is 15.9. The summed E-state index contributed by atoms with van der Waals surface area (Å²) in [4.78, 5) is 33.0. The third kappa shape index (κ3) is 26.1. The molecule has 0 aromatic heterocycles. The highest BCUT2D eigenvalue weighted by molar-refractivity contribution is 5.67. The molecule has 7 heteroatoms. The molecule has 0 radical (unpaired) electrons. The molecular formula is C32H60NO6+. The van der Waals surface area contributed by atoms with Gasteiger partial charge in [0.1, 0.15) is 0 Å². The van der Waals surface area contributed by atoms with Crippen molar-refractivity contribution in [2.45, 2.75) is 148 Å². The second-order valence-electron chi connectivity index (χ2n) is 11.4. The quantitative estimate of drug-likeness (QED) is 0.0468. The van der Waals surface area contributed by atoms with Crippen LogP contribution in [0, 0.1) is 0 Å². The zero-order valence-corrected chi connectivity index (χ0v) is 25.1. The topological polar surface area (TPSA) is 112 Å². The van der Waals surface area contributed by atoms with Crippen molar-refractivity contribution in [1.82, 2.24) is 0 Å². The Kier molecular flexibility index (Phi) is 25.1. The van der Waals surface area contributed by atoms with Crippen LogP contribution in [0.15, 0.2) is 12.2 Å². The molecule has 3 N–H and O–H groups in total. The standard InChI is InChI=1S/C32H59NO6/c1-2-3-4-5-6-7-8-9-10-11-12-13-14-15-19-26-33(27-20-16-23-30(34)35,28-21-17-24-31(36)37)29-22-18-25-32(38)39/h2-3H,4-29H2,1H3,(H2-,34,35,36,37,38,39)/p+1/b3-2+. The number of quaternary nitrogens is 1. The van der Waals surface area contributed by atoms with Crippen molar-refractivity contribution in [3.63, 3.8) is 0 Å². The minimum Gasteiger partial charge on any atom is -0.481 e. The average Bonchev–Trinajstić information content (AvgIpc) is 2.89. The Bertz CT molecular complexity index is 594. The molecular weight excluding hydrogens is 494 g/mol. The van der Waals surface area contributed by atoms with Crippen LogP contribution in [0.3, 0.4) is 0 Å². The van der Waals surface area contributed by atoms with Gasteiger partial charge in [-0.05, 0) is 71.1 Å². The predicted molar refractivity (Wildman–Crippen MR) is 159 cm³/mol. The highest BCUT2D eigenvalue weighted by Crippen LogP contribution is 2.20. The number of aliphatic carboxylic acids is 3. The molecule has 0 amide bonds. The van der Waals surface area contributed by atoms with Crippen LogP contribution >= 0.6 is 0 Å². The number of carbonyl (C=O) groups is 3. The van der Waals surface area contributed by atoms with Gasteiger partial charge >= 0.3 is 17.9 Å². The van der Waals surface area contributed by atoms with Gasteiger partial charge < -0.3 is 19.8 Å². The molecule has 7 nitrogen and oxygen atoms in total. The minimum atomic E-state index is -0.768. The van der Waals surface area contributed by atoms with Gasteiger partial charge in [0.2, 0.25) is 0 Å². The normalized spacial score (nSPS) is 11.8. The van der Waals surface area contributed by atoms with Gasteiger partial charge in [0.05, 0.1) is 26.2 Å². The number of unbranched alkanes of at least 4 members (excludes halogenated alkanes) is 15. The van der Waals surface area contributed by atoms with Crippen LogP contribution in [0.2, 0.25) is 0 Å². The molecule has 0 aromatic rings. The number of allylic oxidation sites excluding steroid dienone is 2. The molecule has 0 saturated heterocycles. The summed E-state index contributed by atoms with van der Waals surface area (Å²) in [5.74, 6) is -2.30. The van der Waals surface area contributed by atoms with E-state index in [0.29, 0.717) is 19.3 Å². The molecule has 0 aliphatic rings. The van der Waals surface area contributed by atoms with E-state index < -0.39 is 17.9 Å². The summed E-state index contributed by atoms with van der Waals surface area (Å²) in [5.41, 5.74) is 0. The second-order valence-corrected chi connectivity index (χ2v) is 11.4. The predicted octanol–water partition coefficient (Wildman–Crippen LogP) is 8.22. The molecule has 0 heterocycles. The highest BCUT2D eigenvalue weighted by atomic mass is 16.4. The Labute approximate surface area is 238 Å². The Morgan fingerprint density at radius 3 is 1.05 bits per heavy atom. The average molecular weight is 555 g/mol. The van der Waals surface area contributed by atoms with E-state index in [4.69, 9.17) is 15.3 Å². The van der Waals surface area contributed by atoms with Crippen molar-refractivity contribution in [1.29, 1.82) is 0 Å². The van der Waals surface area contributed by atoms with Gasteiger partial charge in [-0.1, -0.05) is 69.9 Å². The van der Waals surface area contributed by atoms with E-state index in [2.05, 4.69) is 19.1 Å². The summed E-state index contributed by atoms with van der Waals surface area (Å²) in [6, 6.07) is 0. The van der Waals surface area contributed by atoms with Crippen LogP contribution in [-0.4, -0.2) is 63.9 Å². The van der Waals surface area contributed by atoms with E-state index in [1.54, 1.807) is 0 Å². The largest absolute Gasteiger partial charge is 0.481 e. The van der Waals surface area contributed by atoms with Gasteiger partial charge in [0, 0.05) is 19.3 Å². The van der Waals surface area contributed by atoms with Crippen molar-refractivity contribution in [3.8, 4) is 0 Å². The molecule has 0 aliphatic carbocycles. The lowest BCUT2D eigenvalue weighted by Gasteiger charge is -2.39. The van der Waals surface area contributed by atoms with Gasteiger partial charge in [-0.3, -0.25) is 14.4 Å². The molecule has 0 aliphatic heterocycles. The van der Waals surface area contributed by atoms with Crippen molar-refractivity contribution in [2.75, 3.05) is 26.2 Å². The van der Waals surface area contributed by atoms with Crippen LogP contribution in [0.25, 0.3) is 0 Å². The summed E-state index contributed by atoms with van der Waals surface area (Å²) in [6.07, 6.45) is 26.1. The molecule has 0 bridgehead atoms. The summed E-state index contributed by atoms with van der Waals surface area (Å²) in [6.45, 7) is 5.77. The fourth-order valence-corrected chi connectivity index (χ4v) is 5.48. The van der Waals surface area contributed by atoms with Gasteiger partial charge in [-0.15, -0.1) is 0 Å². The summed E-state index contributed by atoms with van der Waals surface area (Å²) >= 11 is 0. The lowest BCUT2D eigenvalue weighted by molar-refractivity contribution is -0.929. The van der Waals surface area contributed by atoms with Crippen LogP contribution in [0.5, 0.6) is 0 Å². The monoisotopic (exact) mass is 554 g/mol. The summed E-state index contributed by atoms with van der Waals surface area (Å²) < 4.78 is 0.869. The number of nitrogens with zero attached hydrogens (tertiary/aromatic N) is 1. The lowest BCUT2D eigenvalue weighted by atomic mass is 10.0. The fourth-order valence-electron chi connectivity index (χ4n) is 5.48. The van der Waals surface area contributed by atoms with E-state index in [1.165, 1.54) is 77.0 Å². The maximum atomic E-state index is 11.0. The Hall–Kier alpha value is -1.89. The molecule has 0 saturated carbocycles. The molecule has 0 rings (SSSR count). The first kappa shape index (κ1) is 37.1. The van der Waals surface area contributed by atoms with Crippen LogP contribution in [0.1, 0.15) is 148 Å². The number of carboxylic acid groups (broad SMARTS) is 3. The minimum absolute atomic E-state index is 0.175. The molecule has 39 heavy (non-hydrogen) atoms. The van der Waals surface area contributed by atoms with Gasteiger partial charge in [0.25, 0.3) is 0 Å². The maximum absolute atomic E-state index is 11.0. The lowest BCUT2D eigenvalue weighted by Crippen LogP contribution is -2.51. The Morgan fingerprint density at radius 2 is 0.744 bits per heavy atom. The molecule has 228 valence electrons. The third-order valence-electron chi connectivity index (χ3n) is 7.81. The SMILES string of the molecule is C/C=C/CCCCCCCCCCCCCC[N+](CCCCC(=O)O)(CCCCC(=O)O)CCCCC(=O)O. The Balaban J connectivity index is 4.46. The fraction of sp³-hybridized carbons (Fsp3) is 0.844. The van der Waals surface area contributed by atoms with Crippen LogP contribution in [0.4, 0.5) is 0 Å². The van der Waals surface area contributed by atoms with E-state index in [9.17, 15) is 14.4 Å². The molecule has 0 atom stereocenters. The van der Waals surface area contributed by atoms with E-state index >= 15 is 0 Å². The van der Waals surface area contributed by atoms with Crippen molar-refractivity contribution in [2.24, 2.45) is 0 Å². The van der Waals surface area contributed by atoms with Crippen LogP contribution < -0.4 is 0 Å². The zero-order chi connectivity index (χ0) is 29.0. The summed E-state index contributed by atoms with van der Waals surface area (Å²) in [7, 11) is 0. The van der Waals surface area contributed by atoms with Crippen LogP contribution in [-0.2, 0) is 14.4 Å². The maximum Gasteiger partial charge on any atom is 0.303 e. The third-order valence-corrected chi connectivity index (χ3v) is 7.81.